The largest absolute Gasteiger partial charge is 0.479 e. The van der Waals surface area contributed by atoms with Crippen LogP contribution >= 0.6 is 0 Å². The second-order valence-corrected chi connectivity index (χ2v) is 4.91. The summed E-state index contributed by atoms with van der Waals surface area (Å²) in [6, 6.07) is 0. The number of rotatable bonds is 11. The van der Waals surface area contributed by atoms with Crippen LogP contribution in [0.4, 0.5) is 0 Å². The first kappa shape index (κ1) is 19.8. The van der Waals surface area contributed by atoms with E-state index >= 15 is 0 Å². The molecule has 124 valence electrons. The van der Waals surface area contributed by atoms with E-state index in [1.807, 2.05) is 0 Å². The molecule has 0 aliphatic rings. The van der Waals surface area contributed by atoms with Crippen molar-refractivity contribution in [2.45, 2.75) is 63.4 Å². The van der Waals surface area contributed by atoms with Crippen LogP contribution in [0.15, 0.2) is 0 Å². The van der Waals surface area contributed by atoms with Gasteiger partial charge in [0.15, 0.2) is 12.2 Å². The summed E-state index contributed by atoms with van der Waals surface area (Å²) < 4.78 is 0. The van der Waals surface area contributed by atoms with Gasteiger partial charge in [-0.3, -0.25) is 4.79 Å². The minimum absolute atomic E-state index is 0.309. The number of carbonyl (C=O) groups excluding carboxylic acids is 1. The lowest BCUT2D eigenvalue weighted by molar-refractivity contribution is -0.166. The number of carboxylic acid groups (broad SMARTS) is 1. The average Bonchev–Trinajstić information content (AvgIpc) is 2.47. The van der Waals surface area contributed by atoms with Crippen molar-refractivity contribution in [1.29, 1.82) is 0 Å². The second-order valence-electron chi connectivity index (χ2n) is 4.91. The van der Waals surface area contributed by atoms with Gasteiger partial charge in [-0.15, -0.1) is 0 Å². The Morgan fingerprint density at radius 3 is 1.95 bits per heavy atom. The Bertz CT molecular complexity index is 324. The highest BCUT2D eigenvalue weighted by atomic mass is 16.4. The zero-order valence-electron chi connectivity index (χ0n) is 12.1. The van der Waals surface area contributed by atoms with Crippen LogP contribution in [-0.2, 0) is 9.59 Å². The van der Waals surface area contributed by atoms with Crippen molar-refractivity contribution in [2.75, 3.05) is 6.54 Å². The maximum absolute atomic E-state index is 11.5. The van der Waals surface area contributed by atoms with Crippen molar-refractivity contribution in [3.63, 3.8) is 0 Å². The van der Waals surface area contributed by atoms with Crippen LogP contribution in [0.3, 0.4) is 0 Å². The Labute approximate surface area is 123 Å². The molecule has 4 atom stereocenters. The van der Waals surface area contributed by atoms with E-state index in [2.05, 4.69) is 12.2 Å². The molecule has 0 bridgehead atoms. The number of carboxylic acids is 1. The van der Waals surface area contributed by atoms with Gasteiger partial charge in [-0.05, 0) is 6.42 Å². The molecule has 8 nitrogen and oxygen atoms in total. The van der Waals surface area contributed by atoms with Gasteiger partial charge in [-0.1, -0.05) is 32.6 Å². The van der Waals surface area contributed by atoms with Crippen molar-refractivity contribution in [3.8, 4) is 0 Å². The third kappa shape index (κ3) is 7.37. The minimum Gasteiger partial charge on any atom is -0.479 e. The van der Waals surface area contributed by atoms with E-state index < -0.39 is 36.3 Å². The van der Waals surface area contributed by atoms with Gasteiger partial charge in [0.1, 0.15) is 12.2 Å². The summed E-state index contributed by atoms with van der Waals surface area (Å²) in [6.07, 6.45) is -3.65. The monoisotopic (exact) mass is 307 g/mol. The smallest absolute Gasteiger partial charge is 0.335 e. The van der Waals surface area contributed by atoms with Gasteiger partial charge in [0.2, 0.25) is 0 Å². The molecule has 0 aliphatic carbocycles. The van der Waals surface area contributed by atoms with Crippen molar-refractivity contribution in [1.82, 2.24) is 5.32 Å². The molecule has 8 heteroatoms. The third-order valence-electron chi connectivity index (χ3n) is 3.10. The molecule has 0 saturated heterocycles. The number of hydrogen-bond donors (Lipinski definition) is 6. The van der Waals surface area contributed by atoms with E-state index in [1.54, 1.807) is 0 Å². The summed E-state index contributed by atoms with van der Waals surface area (Å²) in [4.78, 5) is 21.9. The second kappa shape index (κ2) is 10.5. The summed E-state index contributed by atoms with van der Waals surface area (Å²) in [6.45, 7) is 2.39. The number of nitrogens with one attached hydrogen (secondary N) is 1. The van der Waals surface area contributed by atoms with Gasteiger partial charge in [-0.25, -0.2) is 4.79 Å². The maximum Gasteiger partial charge on any atom is 0.335 e. The zero-order valence-corrected chi connectivity index (χ0v) is 12.1. The Kier molecular flexibility index (Phi) is 9.89. The highest BCUT2D eigenvalue weighted by Gasteiger charge is 2.37. The van der Waals surface area contributed by atoms with Gasteiger partial charge >= 0.3 is 5.97 Å². The molecule has 21 heavy (non-hydrogen) atoms. The molecular weight excluding hydrogens is 282 g/mol. The lowest BCUT2D eigenvalue weighted by atomic mass is 10.0. The van der Waals surface area contributed by atoms with Crippen LogP contribution in [-0.4, -0.2) is 68.4 Å². The van der Waals surface area contributed by atoms with E-state index in [0.29, 0.717) is 6.54 Å². The maximum atomic E-state index is 11.5. The molecule has 0 saturated carbocycles. The predicted molar refractivity (Wildman–Crippen MR) is 73.4 cm³/mol. The van der Waals surface area contributed by atoms with E-state index in [9.17, 15) is 24.9 Å². The fraction of sp³-hybridized carbons (Fsp3) is 0.846. The molecular formula is C13H25NO7. The molecule has 0 fully saturated rings. The predicted octanol–water partition coefficient (Wildman–Crippen LogP) is -1.40. The lowest BCUT2D eigenvalue weighted by Gasteiger charge is -2.23. The van der Waals surface area contributed by atoms with Crippen LogP contribution in [0, 0.1) is 0 Å². The first-order valence-corrected chi connectivity index (χ1v) is 7.05. The normalized spacial score (nSPS) is 16.8. The number of amides is 1. The average molecular weight is 307 g/mol. The molecule has 0 radical (unpaired) electrons. The highest BCUT2D eigenvalue weighted by Crippen LogP contribution is 2.06. The molecule has 0 spiro atoms. The number of hydrogen-bond acceptors (Lipinski definition) is 6. The lowest BCUT2D eigenvalue weighted by Crippen LogP contribution is -2.52. The number of aliphatic hydroxyl groups is 4. The van der Waals surface area contributed by atoms with E-state index in [4.69, 9.17) is 10.2 Å². The zero-order chi connectivity index (χ0) is 16.4. The summed E-state index contributed by atoms with van der Waals surface area (Å²) >= 11 is 0. The first-order chi connectivity index (χ1) is 9.82. The molecule has 0 rings (SSSR count). The highest BCUT2D eigenvalue weighted by molar-refractivity contribution is 5.81. The van der Waals surface area contributed by atoms with Crippen molar-refractivity contribution >= 4 is 11.9 Å². The van der Waals surface area contributed by atoms with Crippen molar-refractivity contribution in [2.24, 2.45) is 0 Å². The molecule has 1 amide bonds. The summed E-state index contributed by atoms with van der Waals surface area (Å²) in [5.74, 6) is -2.68. The Balaban J connectivity index is 4.10. The topological polar surface area (TPSA) is 147 Å². The van der Waals surface area contributed by atoms with E-state index in [1.165, 1.54) is 0 Å². The third-order valence-corrected chi connectivity index (χ3v) is 3.10. The molecule has 0 aliphatic heterocycles. The molecule has 4 unspecified atom stereocenters. The Morgan fingerprint density at radius 1 is 0.905 bits per heavy atom. The molecule has 0 heterocycles. The van der Waals surface area contributed by atoms with Gasteiger partial charge < -0.3 is 30.8 Å². The molecule has 6 N–H and O–H groups in total. The fourth-order valence-electron chi connectivity index (χ4n) is 1.72. The number of aliphatic hydroxyl groups excluding tert-OH is 4. The Hall–Kier alpha value is -1.22. The van der Waals surface area contributed by atoms with Crippen LogP contribution in [0.2, 0.25) is 0 Å². The fourth-order valence-corrected chi connectivity index (χ4v) is 1.72. The van der Waals surface area contributed by atoms with E-state index in [0.717, 1.165) is 32.1 Å². The summed E-state index contributed by atoms with van der Waals surface area (Å²) in [7, 11) is 0. The van der Waals surface area contributed by atoms with Crippen LogP contribution in [0.25, 0.3) is 0 Å². The molecule has 0 aromatic rings. The van der Waals surface area contributed by atoms with Gasteiger partial charge in [0.25, 0.3) is 5.91 Å². The standard InChI is InChI=1S/C13H25NO7/c1-2-3-4-5-6-7-14-12(19)10(17)8(15)9(16)11(18)13(20)21/h8-11,15-18H,2-7H2,1H3,(H,14,19)(H,20,21). The van der Waals surface area contributed by atoms with Crippen LogP contribution < -0.4 is 5.32 Å². The Morgan fingerprint density at radius 2 is 1.43 bits per heavy atom. The number of unbranched alkanes of at least 4 members (excludes halogenated alkanes) is 4. The van der Waals surface area contributed by atoms with Crippen LogP contribution in [0.5, 0.6) is 0 Å². The van der Waals surface area contributed by atoms with Gasteiger partial charge in [0.05, 0.1) is 0 Å². The summed E-state index contributed by atoms with van der Waals surface area (Å²) in [5, 5.41) is 48.2. The first-order valence-electron chi connectivity index (χ1n) is 7.05. The molecule has 0 aromatic carbocycles. The quantitative estimate of drug-likeness (QED) is 0.257. The van der Waals surface area contributed by atoms with E-state index in [-0.39, 0.29) is 0 Å². The summed E-state index contributed by atoms with van der Waals surface area (Å²) in [5.41, 5.74) is 0. The van der Waals surface area contributed by atoms with Crippen LogP contribution in [0.1, 0.15) is 39.0 Å². The minimum atomic E-state index is -2.28. The SMILES string of the molecule is CCCCCCCNC(=O)C(O)C(O)C(O)C(O)C(=O)O. The van der Waals surface area contributed by atoms with Crippen molar-refractivity contribution < 1.29 is 35.1 Å². The van der Waals surface area contributed by atoms with Gasteiger partial charge in [0, 0.05) is 6.54 Å². The van der Waals surface area contributed by atoms with Crippen molar-refractivity contribution in [3.05, 3.63) is 0 Å². The molecule has 0 aromatic heterocycles. The number of carbonyl (C=O) groups is 2. The number of aliphatic carboxylic acids is 1. The van der Waals surface area contributed by atoms with Gasteiger partial charge in [-0.2, -0.15) is 0 Å².